The van der Waals surface area contributed by atoms with Crippen LogP contribution in [0.15, 0.2) is 12.1 Å². The number of hydrogen-bond donors (Lipinski definition) is 1. The van der Waals surface area contributed by atoms with E-state index in [2.05, 4.69) is 22.2 Å². The summed E-state index contributed by atoms with van der Waals surface area (Å²) in [6.45, 7) is 4.00. The molecule has 4 heteroatoms. The largest absolute Gasteiger partial charge is 0.498 e. The zero-order valence-electron chi connectivity index (χ0n) is 9.32. The maximum Gasteiger partial charge on any atom is 0.388 e. The average molecular weight is 217 g/mol. The van der Waals surface area contributed by atoms with Crippen LogP contribution >= 0.6 is 0 Å². The molecule has 82 valence electrons. The molecule has 1 rings (SSSR count). The molecule has 0 radical (unpaired) electrons. The molecule has 1 N–H and O–H groups in total. The van der Waals surface area contributed by atoms with Gasteiger partial charge in [-0.15, -0.1) is 0 Å². The smallest absolute Gasteiger partial charge is 0.388 e. The second-order valence-electron chi connectivity index (χ2n) is 3.29. The van der Waals surface area contributed by atoms with E-state index in [-0.39, 0.29) is 0 Å². The van der Waals surface area contributed by atoms with Gasteiger partial charge in [0.2, 0.25) is 5.01 Å². The molecule has 0 aliphatic heterocycles. The maximum atomic E-state index is 10.2. The Morgan fingerprint density at radius 1 is 1.12 bits per heavy atom. The summed E-state index contributed by atoms with van der Waals surface area (Å²) in [6.07, 6.45) is 1.60. The van der Waals surface area contributed by atoms with Crippen LogP contribution in [-0.2, 0) is 12.8 Å². The highest BCUT2D eigenvalue weighted by Gasteiger charge is 2.12. The molecule has 0 saturated carbocycles. The Kier molecular flexibility index (Phi) is 4.17. The van der Waals surface area contributed by atoms with E-state index in [9.17, 15) is 5.21 Å². The van der Waals surface area contributed by atoms with Crippen LogP contribution in [0.1, 0.15) is 36.1 Å². The summed E-state index contributed by atoms with van der Waals surface area (Å²) in [5, 5.41) is 24.2. The molecule has 16 heavy (non-hydrogen) atoms. The number of nitrogens with zero attached hydrogens (tertiary/aromatic N) is 2. The molecule has 0 saturated heterocycles. The van der Waals surface area contributed by atoms with Crippen molar-refractivity contribution in [1.29, 1.82) is 0 Å². The topological polar surface area (TPSA) is 52.0 Å². The molecule has 1 aromatic rings. The molecular weight excluding hydrogens is 204 g/mol. The Morgan fingerprint density at radius 2 is 1.69 bits per heavy atom. The van der Waals surface area contributed by atoms with Crippen LogP contribution in [0.5, 0.6) is 0 Å². The van der Waals surface area contributed by atoms with Crippen LogP contribution in [0.25, 0.3) is 10.0 Å². The second kappa shape index (κ2) is 5.63. The summed E-state index contributed by atoms with van der Waals surface area (Å²) >= 11 is 0. The summed E-state index contributed by atoms with van der Waals surface area (Å²) in [5.41, 5.74) is 3.31. The van der Waals surface area contributed by atoms with E-state index < -0.39 is 0 Å². The standard InChI is InChI=1S/C12H12N2O2/c1-3-9-5-10(4-2)12(8-14-16)6-11(9)7-13-15/h5-6H,3-4H2,1-2H3/p+1. The summed E-state index contributed by atoms with van der Waals surface area (Å²) in [6, 6.07) is 8.52. The van der Waals surface area contributed by atoms with Crippen LogP contribution in [0.4, 0.5) is 0 Å². The van der Waals surface area contributed by atoms with Gasteiger partial charge in [-0.2, -0.15) is 5.21 Å². The zero-order chi connectivity index (χ0) is 12.0. The monoisotopic (exact) mass is 217 g/mol. The lowest BCUT2D eigenvalue weighted by atomic mass is 9.97. The summed E-state index contributed by atoms with van der Waals surface area (Å²) in [4.78, 5) is 0. The minimum atomic E-state index is 0.626. The predicted octanol–water partition coefficient (Wildman–Crippen LogP) is 3.06. The van der Waals surface area contributed by atoms with Gasteiger partial charge in [-0.3, -0.25) is 0 Å². The number of aryl methyl sites for hydroxylation is 2. The fraction of sp³-hybridized carbons (Fsp3) is 0.333. The van der Waals surface area contributed by atoms with Gasteiger partial charge in [-0.05, 0) is 30.0 Å². The van der Waals surface area contributed by atoms with Crippen LogP contribution in [0.3, 0.4) is 0 Å². The second-order valence-corrected chi connectivity index (χ2v) is 3.29. The lowest BCUT2D eigenvalue weighted by Gasteiger charge is -2.03. The molecule has 0 unspecified atom stereocenters. The number of hydrogen-bond acceptors (Lipinski definition) is 2. The van der Waals surface area contributed by atoms with E-state index in [0.29, 0.717) is 11.1 Å². The van der Waals surface area contributed by atoms with Gasteiger partial charge in [0, 0.05) is 5.01 Å². The molecule has 0 amide bonds. The first-order valence-corrected chi connectivity index (χ1v) is 5.11. The Morgan fingerprint density at radius 3 is 2.12 bits per heavy atom. The first kappa shape index (κ1) is 11.9. The summed E-state index contributed by atoms with van der Waals surface area (Å²) in [5.74, 6) is 0. The first-order valence-electron chi connectivity index (χ1n) is 5.11. The Balaban J connectivity index is 3.42. The van der Waals surface area contributed by atoms with Gasteiger partial charge in [0.1, 0.15) is 11.1 Å². The van der Waals surface area contributed by atoms with E-state index in [1.165, 1.54) is 0 Å². The molecular formula is C12H13N2O2+. The normalized spacial score (nSPS) is 8.62. The number of rotatable bonds is 2. The van der Waals surface area contributed by atoms with Gasteiger partial charge in [-0.1, -0.05) is 19.9 Å². The third-order valence-electron chi connectivity index (χ3n) is 2.43. The van der Waals surface area contributed by atoms with Gasteiger partial charge in [-0.25, -0.2) is 0 Å². The lowest BCUT2D eigenvalue weighted by molar-refractivity contribution is 0.465. The molecule has 0 aliphatic rings. The van der Waals surface area contributed by atoms with E-state index in [1.54, 1.807) is 6.07 Å². The molecule has 1 aromatic carbocycles. The van der Waals surface area contributed by atoms with Crippen molar-refractivity contribution in [3.8, 4) is 12.1 Å². The van der Waals surface area contributed by atoms with Crippen molar-refractivity contribution in [3.05, 3.63) is 49.6 Å². The lowest BCUT2D eigenvalue weighted by Crippen LogP contribution is -1.95. The van der Waals surface area contributed by atoms with Gasteiger partial charge >= 0.3 is 12.1 Å². The van der Waals surface area contributed by atoms with Gasteiger partial charge < -0.3 is 5.21 Å². The molecule has 4 nitrogen and oxygen atoms in total. The zero-order valence-corrected chi connectivity index (χ0v) is 9.32. The molecule has 0 spiro atoms. The average Bonchev–Trinajstić information content (AvgIpc) is 2.30. The quantitative estimate of drug-likeness (QED) is 0.774. The fourth-order valence-electron chi connectivity index (χ4n) is 1.59. The summed E-state index contributed by atoms with van der Waals surface area (Å²) in [7, 11) is 0. The highest BCUT2D eigenvalue weighted by Crippen LogP contribution is 2.17. The SMILES string of the molecule is CCc1cc(CC)c(C#[N+]O)cc1C#[N+][O-]. The molecule has 0 heterocycles. The minimum Gasteiger partial charge on any atom is -0.498 e. The van der Waals surface area contributed by atoms with Gasteiger partial charge in [0.05, 0.1) is 0 Å². The van der Waals surface area contributed by atoms with Crippen molar-refractivity contribution >= 4 is 0 Å². The molecule has 0 bridgehead atoms. The van der Waals surface area contributed by atoms with E-state index in [1.807, 2.05) is 19.9 Å². The van der Waals surface area contributed by atoms with Crippen LogP contribution in [-0.4, -0.2) is 5.21 Å². The van der Waals surface area contributed by atoms with Crippen molar-refractivity contribution < 1.29 is 5.21 Å². The van der Waals surface area contributed by atoms with Crippen molar-refractivity contribution in [3.63, 3.8) is 0 Å². The maximum absolute atomic E-state index is 10.2. The third kappa shape index (κ3) is 2.43. The Labute approximate surface area is 94.3 Å². The first-order chi connectivity index (χ1) is 7.76. The van der Waals surface area contributed by atoms with Crippen molar-refractivity contribution in [2.45, 2.75) is 26.7 Å². The molecule has 0 atom stereocenters. The minimum absolute atomic E-state index is 0.626. The van der Waals surface area contributed by atoms with Gasteiger partial charge in [0.25, 0.3) is 0 Å². The van der Waals surface area contributed by atoms with Crippen LogP contribution in [0.2, 0.25) is 0 Å². The van der Waals surface area contributed by atoms with E-state index >= 15 is 0 Å². The summed E-state index contributed by atoms with van der Waals surface area (Å²) < 4.78 is 0. The third-order valence-corrected chi connectivity index (χ3v) is 2.43. The molecule has 0 aliphatic carbocycles. The van der Waals surface area contributed by atoms with Crippen LogP contribution < -0.4 is 0 Å². The Bertz CT molecular complexity index is 458. The van der Waals surface area contributed by atoms with E-state index in [4.69, 9.17) is 5.21 Å². The highest BCUT2D eigenvalue weighted by atomic mass is 16.4. The molecule has 0 fully saturated rings. The Hall–Kier alpha value is -2.20. The van der Waals surface area contributed by atoms with E-state index in [0.717, 1.165) is 24.0 Å². The van der Waals surface area contributed by atoms with Crippen molar-refractivity contribution in [1.82, 2.24) is 0 Å². The fourth-order valence-corrected chi connectivity index (χ4v) is 1.59. The highest BCUT2D eigenvalue weighted by molar-refractivity contribution is 5.51. The predicted molar refractivity (Wildman–Crippen MR) is 63.0 cm³/mol. The van der Waals surface area contributed by atoms with Crippen LogP contribution in [0, 0.1) is 17.3 Å². The molecule has 0 aromatic heterocycles. The van der Waals surface area contributed by atoms with Crippen molar-refractivity contribution in [2.75, 3.05) is 0 Å². The van der Waals surface area contributed by atoms with Crippen molar-refractivity contribution in [2.24, 2.45) is 0 Å². The number of benzene rings is 1. The van der Waals surface area contributed by atoms with Gasteiger partial charge in [0.15, 0.2) is 0 Å².